The summed E-state index contributed by atoms with van der Waals surface area (Å²) in [5, 5.41) is 2.96. The van der Waals surface area contributed by atoms with Crippen LogP contribution < -0.4 is 14.8 Å². The van der Waals surface area contributed by atoms with E-state index in [-0.39, 0.29) is 5.91 Å². The van der Waals surface area contributed by atoms with Crippen LogP contribution in [0, 0.1) is 0 Å². The second-order valence-corrected chi connectivity index (χ2v) is 6.68. The third kappa shape index (κ3) is 4.37. The van der Waals surface area contributed by atoms with Gasteiger partial charge in [0.2, 0.25) is 0 Å². The lowest BCUT2D eigenvalue weighted by atomic mass is 9.92. The number of fused-ring (bicyclic) bond motifs is 1. The smallest absolute Gasteiger partial charge is 0.261 e. The predicted octanol–water partition coefficient (Wildman–Crippen LogP) is 4.05. The van der Waals surface area contributed by atoms with E-state index in [4.69, 9.17) is 9.47 Å². The lowest BCUT2D eigenvalue weighted by Gasteiger charge is -2.20. The van der Waals surface area contributed by atoms with Gasteiger partial charge in [-0.25, -0.2) is 0 Å². The fourth-order valence-electron chi connectivity index (χ4n) is 3.41. The van der Waals surface area contributed by atoms with Crippen molar-refractivity contribution in [3.63, 3.8) is 0 Å². The molecule has 138 valence electrons. The van der Waals surface area contributed by atoms with Gasteiger partial charge in [-0.3, -0.25) is 4.79 Å². The molecule has 0 aliphatic heterocycles. The van der Waals surface area contributed by atoms with Crippen LogP contribution in [-0.4, -0.2) is 19.1 Å². The molecule has 3 rings (SSSR count). The first kappa shape index (κ1) is 18.3. The Kier molecular flexibility index (Phi) is 6.16. The van der Waals surface area contributed by atoms with E-state index in [0.29, 0.717) is 13.0 Å². The van der Waals surface area contributed by atoms with Gasteiger partial charge in [-0.15, -0.1) is 0 Å². The number of amides is 1. The van der Waals surface area contributed by atoms with Gasteiger partial charge in [0.05, 0.1) is 7.11 Å². The van der Waals surface area contributed by atoms with E-state index >= 15 is 0 Å². The molecule has 0 fully saturated rings. The molecule has 1 aliphatic carbocycles. The van der Waals surface area contributed by atoms with Crippen molar-refractivity contribution in [2.24, 2.45) is 0 Å². The maximum absolute atomic E-state index is 12.6. The largest absolute Gasteiger partial charge is 0.496 e. The van der Waals surface area contributed by atoms with Crippen molar-refractivity contribution in [1.82, 2.24) is 5.32 Å². The van der Waals surface area contributed by atoms with Crippen molar-refractivity contribution in [2.45, 2.75) is 51.7 Å². The Morgan fingerprint density at radius 2 is 1.88 bits per heavy atom. The van der Waals surface area contributed by atoms with Crippen LogP contribution in [0.5, 0.6) is 11.5 Å². The highest BCUT2D eigenvalue weighted by Gasteiger charge is 2.19. The minimum Gasteiger partial charge on any atom is -0.496 e. The first-order valence-electron chi connectivity index (χ1n) is 9.39. The van der Waals surface area contributed by atoms with E-state index in [1.807, 2.05) is 37.3 Å². The van der Waals surface area contributed by atoms with Crippen molar-refractivity contribution < 1.29 is 14.3 Å². The van der Waals surface area contributed by atoms with Crippen molar-refractivity contribution in [3.8, 4) is 11.5 Å². The molecule has 0 heterocycles. The molecular weight excluding hydrogens is 326 g/mol. The van der Waals surface area contributed by atoms with Gasteiger partial charge in [-0.1, -0.05) is 31.2 Å². The molecule has 2 aromatic carbocycles. The van der Waals surface area contributed by atoms with E-state index < -0.39 is 6.10 Å². The fourth-order valence-corrected chi connectivity index (χ4v) is 3.41. The Bertz CT molecular complexity index is 757. The number of carbonyl (C=O) groups is 1. The van der Waals surface area contributed by atoms with E-state index in [2.05, 4.69) is 17.4 Å². The summed E-state index contributed by atoms with van der Waals surface area (Å²) in [7, 11) is 1.63. The summed E-state index contributed by atoms with van der Waals surface area (Å²) in [6.45, 7) is 2.39. The fraction of sp³-hybridized carbons (Fsp3) is 0.409. The summed E-state index contributed by atoms with van der Waals surface area (Å²) >= 11 is 0. The number of nitrogens with one attached hydrogen (secondary N) is 1. The van der Waals surface area contributed by atoms with Gasteiger partial charge in [0.25, 0.3) is 5.91 Å². The van der Waals surface area contributed by atoms with Crippen molar-refractivity contribution in [2.75, 3.05) is 7.11 Å². The number of methoxy groups -OCH3 is 1. The van der Waals surface area contributed by atoms with Crippen LogP contribution in [0.15, 0.2) is 42.5 Å². The van der Waals surface area contributed by atoms with Crippen LogP contribution >= 0.6 is 0 Å². The molecule has 0 radical (unpaired) electrons. The highest BCUT2D eigenvalue weighted by Crippen LogP contribution is 2.26. The van der Waals surface area contributed by atoms with Crippen LogP contribution in [-0.2, 0) is 24.2 Å². The van der Waals surface area contributed by atoms with Gasteiger partial charge in [-0.05, 0) is 61.4 Å². The van der Waals surface area contributed by atoms with Crippen molar-refractivity contribution >= 4 is 5.91 Å². The average molecular weight is 353 g/mol. The lowest BCUT2D eigenvalue weighted by Crippen LogP contribution is -2.37. The first-order chi connectivity index (χ1) is 12.7. The zero-order valence-corrected chi connectivity index (χ0v) is 15.6. The Hall–Kier alpha value is -2.49. The number of hydrogen-bond acceptors (Lipinski definition) is 3. The van der Waals surface area contributed by atoms with Gasteiger partial charge in [0, 0.05) is 12.1 Å². The number of ether oxygens (including phenoxy) is 2. The number of aryl methyl sites for hydroxylation is 2. The van der Waals surface area contributed by atoms with Gasteiger partial charge >= 0.3 is 0 Å². The highest BCUT2D eigenvalue weighted by atomic mass is 16.5. The standard InChI is InChI=1S/C22H27NO3/c1-3-20(22(24)23-15-18-10-6-7-11-21(18)25-2)26-19-13-12-16-8-4-5-9-17(16)14-19/h6-7,10-14,20H,3-5,8-9,15H2,1-2H3,(H,23,24)/t20-/m0/s1. The average Bonchev–Trinajstić information content (AvgIpc) is 2.70. The summed E-state index contributed by atoms with van der Waals surface area (Å²) in [5.41, 5.74) is 3.72. The van der Waals surface area contributed by atoms with Gasteiger partial charge < -0.3 is 14.8 Å². The molecule has 1 atom stereocenters. The molecule has 0 bridgehead atoms. The highest BCUT2D eigenvalue weighted by molar-refractivity contribution is 5.81. The Morgan fingerprint density at radius 3 is 2.65 bits per heavy atom. The molecule has 26 heavy (non-hydrogen) atoms. The van der Waals surface area contributed by atoms with Crippen LogP contribution in [0.1, 0.15) is 42.9 Å². The minimum atomic E-state index is -0.494. The normalized spacial score (nSPS) is 14.2. The molecule has 1 amide bonds. The molecule has 0 unspecified atom stereocenters. The molecular formula is C22H27NO3. The predicted molar refractivity (Wildman–Crippen MR) is 103 cm³/mol. The molecule has 1 aliphatic rings. The van der Waals surface area contributed by atoms with Crippen molar-refractivity contribution in [3.05, 3.63) is 59.2 Å². The summed E-state index contributed by atoms with van der Waals surface area (Å²) in [6.07, 6.45) is 4.86. The minimum absolute atomic E-state index is 0.101. The van der Waals surface area contributed by atoms with Crippen LogP contribution in [0.25, 0.3) is 0 Å². The Labute approximate surface area is 155 Å². The van der Waals surface area contributed by atoms with Gasteiger partial charge in [-0.2, -0.15) is 0 Å². The third-order valence-corrected chi connectivity index (χ3v) is 4.91. The number of benzene rings is 2. The maximum atomic E-state index is 12.6. The summed E-state index contributed by atoms with van der Waals surface area (Å²) in [4.78, 5) is 12.6. The van der Waals surface area contributed by atoms with E-state index in [0.717, 1.165) is 29.9 Å². The molecule has 4 nitrogen and oxygen atoms in total. The molecule has 4 heteroatoms. The Balaban J connectivity index is 1.62. The zero-order chi connectivity index (χ0) is 18.4. The Morgan fingerprint density at radius 1 is 1.12 bits per heavy atom. The summed E-state index contributed by atoms with van der Waals surface area (Å²) < 4.78 is 11.3. The van der Waals surface area contributed by atoms with Gasteiger partial charge in [0.15, 0.2) is 6.10 Å². The van der Waals surface area contributed by atoms with Gasteiger partial charge in [0.1, 0.15) is 11.5 Å². The van der Waals surface area contributed by atoms with E-state index in [1.54, 1.807) is 7.11 Å². The molecule has 2 aromatic rings. The molecule has 0 saturated carbocycles. The quantitative estimate of drug-likeness (QED) is 0.817. The van der Waals surface area contributed by atoms with Crippen LogP contribution in [0.3, 0.4) is 0 Å². The number of para-hydroxylation sites is 1. The van der Waals surface area contributed by atoms with Crippen molar-refractivity contribution in [1.29, 1.82) is 0 Å². The van der Waals surface area contributed by atoms with Crippen LogP contribution in [0.2, 0.25) is 0 Å². The number of carbonyl (C=O) groups excluding carboxylic acids is 1. The summed E-state index contributed by atoms with van der Waals surface area (Å²) in [5.74, 6) is 1.46. The SMILES string of the molecule is CC[C@H](Oc1ccc2c(c1)CCCC2)C(=O)NCc1ccccc1OC. The molecule has 0 saturated heterocycles. The van der Waals surface area contributed by atoms with E-state index in [9.17, 15) is 4.79 Å². The molecule has 1 N–H and O–H groups in total. The zero-order valence-electron chi connectivity index (χ0n) is 15.6. The number of hydrogen-bond donors (Lipinski definition) is 1. The second kappa shape index (κ2) is 8.75. The topological polar surface area (TPSA) is 47.6 Å². The maximum Gasteiger partial charge on any atom is 0.261 e. The van der Waals surface area contributed by atoms with E-state index in [1.165, 1.54) is 24.0 Å². The monoisotopic (exact) mass is 353 g/mol. The third-order valence-electron chi connectivity index (χ3n) is 4.91. The van der Waals surface area contributed by atoms with Crippen LogP contribution in [0.4, 0.5) is 0 Å². The molecule has 0 aromatic heterocycles. The first-order valence-corrected chi connectivity index (χ1v) is 9.39. The second-order valence-electron chi connectivity index (χ2n) is 6.68. The summed E-state index contributed by atoms with van der Waals surface area (Å²) in [6, 6.07) is 13.9. The number of rotatable bonds is 7. The molecule has 0 spiro atoms. The lowest BCUT2D eigenvalue weighted by molar-refractivity contribution is -0.128.